The lowest BCUT2D eigenvalue weighted by Gasteiger charge is -2.32. The average Bonchev–Trinajstić information content (AvgIpc) is 2.48. The Morgan fingerprint density at radius 2 is 1.86 bits per heavy atom. The molecular weight excluding hydrogens is 310 g/mol. The van der Waals surface area contributed by atoms with E-state index in [-0.39, 0.29) is 18.2 Å². The van der Waals surface area contributed by atoms with Gasteiger partial charge < -0.3 is 10.1 Å². The minimum atomic E-state index is -2.76. The van der Waals surface area contributed by atoms with Crippen molar-refractivity contribution in [1.82, 2.24) is 10.2 Å². The van der Waals surface area contributed by atoms with Crippen LogP contribution in [0.3, 0.4) is 0 Å². The van der Waals surface area contributed by atoms with Crippen molar-refractivity contribution < 1.29 is 13.5 Å². The van der Waals surface area contributed by atoms with E-state index in [9.17, 15) is 8.78 Å². The number of benzene rings is 1. The molecule has 1 fully saturated rings. The molecule has 0 unspecified atom stereocenters. The van der Waals surface area contributed by atoms with Gasteiger partial charge in [0.1, 0.15) is 5.75 Å². The molecule has 6 heteroatoms. The lowest BCUT2D eigenvalue weighted by molar-refractivity contribution is -0.0498. The first kappa shape index (κ1) is 19.1. The molecule has 1 aliphatic heterocycles. The predicted molar refractivity (Wildman–Crippen MR) is 86.9 cm³/mol. The van der Waals surface area contributed by atoms with E-state index in [4.69, 9.17) is 0 Å². The summed E-state index contributed by atoms with van der Waals surface area (Å²) in [5.74, 6) is 1.00. The standard InChI is InChI=1S/C16H24F2N2O.ClH/c1-2-19-11-13-7-9-20(10-8-13)12-14-3-5-15(6-4-14)21-16(17)18;/h3-6,13,16,19H,2,7-12H2,1H3;1H. The van der Waals surface area contributed by atoms with E-state index in [1.165, 1.54) is 12.8 Å². The number of rotatable bonds is 7. The number of hydrogen-bond acceptors (Lipinski definition) is 3. The van der Waals surface area contributed by atoms with Crippen molar-refractivity contribution in [2.75, 3.05) is 26.2 Å². The van der Waals surface area contributed by atoms with E-state index >= 15 is 0 Å². The van der Waals surface area contributed by atoms with Gasteiger partial charge in [0, 0.05) is 6.54 Å². The lowest BCUT2D eigenvalue weighted by atomic mass is 9.96. The summed E-state index contributed by atoms with van der Waals surface area (Å²) in [7, 11) is 0. The number of piperidine rings is 1. The van der Waals surface area contributed by atoms with Crippen LogP contribution in [0, 0.1) is 5.92 Å². The largest absolute Gasteiger partial charge is 0.435 e. The van der Waals surface area contributed by atoms with Gasteiger partial charge in [0.05, 0.1) is 0 Å². The third-order valence-corrected chi connectivity index (χ3v) is 3.94. The smallest absolute Gasteiger partial charge is 0.387 e. The van der Waals surface area contributed by atoms with E-state index in [0.717, 1.165) is 44.2 Å². The lowest BCUT2D eigenvalue weighted by Crippen LogP contribution is -2.36. The van der Waals surface area contributed by atoms with E-state index in [1.54, 1.807) is 12.1 Å². The van der Waals surface area contributed by atoms with Crippen LogP contribution < -0.4 is 10.1 Å². The van der Waals surface area contributed by atoms with Crippen LogP contribution in [0.1, 0.15) is 25.3 Å². The first-order valence-electron chi connectivity index (χ1n) is 7.64. The molecule has 0 radical (unpaired) electrons. The highest BCUT2D eigenvalue weighted by atomic mass is 35.5. The van der Waals surface area contributed by atoms with Gasteiger partial charge in [-0.1, -0.05) is 19.1 Å². The van der Waals surface area contributed by atoms with Crippen molar-refractivity contribution in [2.45, 2.75) is 32.9 Å². The Morgan fingerprint density at radius 3 is 2.41 bits per heavy atom. The zero-order chi connectivity index (χ0) is 15.1. The molecule has 1 heterocycles. The van der Waals surface area contributed by atoms with Crippen molar-refractivity contribution in [3.8, 4) is 5.75 Å². The van der Waals surface area contributed by atoms with Crippen LogP contribution in [0.5, 0.6) is 5.75 Å². The van der Waals surface area contributed by atoms with Gasteiger partial charge in [0.15, 0.2) is 0 Å². The summed E-state index contributed by atoms with van der Waals surface area (Å²) in [6.45, 7) is 4.61. The molecule has 1 saturated heterocycles. The Balaban J connectivity index is 0.00000242. The van der Waals surface area contributed by atoms with Crippen molar-refractivity contribution >= 4 is 12.4 Å². The maximum absolute atomic E-state index is 12.1. The van der Waals surface area contributed by atoms with Gasteiger partial charge in [-0.05, 0) is 62.6 Å². The number of alkyl halides is 2. The molecule has 0 bridgehead atoms. The normalized spacial score (nSPS) is 16.5. The molecule has 0 saturated carbocycles. The van der Waals surface area contributed by atoms with Gasteiger partial charge in [0.2, 0.25) is 0 Å². The van der Waals surface area contributed by atoms with Crippen molar-refractivity contribution in [3.63, 3.8) is 0 Å². The van der Waals surface area contributed by atoms with E-state index in [1.807, 2.05) is 12.1 Å². The maximum Gasteiger partial charge on any atom is 0.387 e. The SMILES string of the molecule is CCNCC1CCN(Cc2ccc(OC(F)F)cc2)CC1.Cl. The Kier molecular flexibility index (Phi) is 8.68. The van der Waals surface area contributed by atoms with Crippen LogP contribution in [0.4, 0.5) is 8.78 Å². The highest BCUT2D eigenvalue weighted by Gasteiger charge is 2.18. The van der Waals surface area contributed by atoms with Gasteiger partial charge in [-0.3, -0.25) is 4.90 Å². The van der Waals surface area contributed by atoms with E-state index < -0.39 is 6.61 Å². The molecular formula is C16H25ClF2N2O. The molecule has 126 valence electrons. The molecule has 0 aliphatic carbocycles. The van der Waals surface area contributed by atoms with Gasteiger partial charge in [-0.25, -0.2) is 0 Å². The highest BCUT2D eigenvalue weighted by molar-refractivity contribution is 5.85. The second-order valence-electron chi connectivity index (χ2n) is 5.55. The molecule has 1 aliphatic rings. The van der Waals surface area contributed by atoms with Gasteiger partial charge in [-0.15, -0.1) is 12.4 Å². The molecule has 1 N–H and O–H groups in total. The average molecular weight is 335 g/mol. The van der Waals surface area contributed by atoms with Gasteiger partial charge >= 0.3 is 6.61 Å². The molecule has 0 atom stereocenters. The number of hydrogen-bond donors (Lipinski definition) is 1. The van der Waals surface area contributed by atoms with Crippen LogP contribution >= 0.6 is 12.4 Å². The van der Waals surface area contributed by atoms with E-state index in [0.29, 0.717) is 0 Å². The molecule has 1 aromatic rings. The van der Waals surface area contributed by atoms with Gasteiger partial charge in [0.25, 0.3) is 0 Å². The van der Waals surface area contributed by atoms with Crippen LogP contribution in [-0.4, -0.2) is 37.7 Å². The number of nitrogens with zero attached hydrogens (tertiary/aromatic N) is 1. The number of ether oxygens (including phenoxy) is 1. The molecule has 0 spiro atoms. The monoisotopic (exact) mass is 334 g/mol. The van der Waals surface area contributed by atoms with E-state index in [2.05, 4.69) is 21.9 Å². The van der Waals surface area contributed by atoms with Gasteiger partial charge in [-0.2, -0.15) is 8.78 Å². The first-order valence-corrected chi connectivity index (χ1v) is 7.64. The van der Waals surface area contributed by atoms with Crippen molar-refractivity contribution in [3.05, 3.63) is 29.8 Å². The zero-order valence-corrected chi connectivity index (χ0v) is 13.7. The van der Waals surface area contributed by atoms with Crippen LogP contribution in [0.25, 0.3) is 0 Å². The molecule has 3 nitrogen and oxygen atoms in total. The van der Waals surface area contributed by atoms with Crippen LogP contribution in [0.15, 0.2) is 24.3 Å². The van der Waals surface area contributed by atoms with Crippen LogP contribution in [0.2, 0.25) is 0 Å². The zero-order valence-electron chi connectivity index (χ0n) is 12.9. The summed E-state index contributed by atoms with van der Waals surface area (Å²) in [5.41, 5.74) is 1.14. The minimum absolute atomic E-state index is 0. The Bertz CT molecular complexity index is 409. The first-order chi connectivity index (χ1) is 10.2. The molecule has 0 aromatic heterocycles. The summed E-state index contributed by atoms with van der Waals surface area (Å²) in [5, 5.41) is 3.41. The summed E-state index contributed by atoms with van der Waals surface area (Å²) < 4.78 is 28.5. The maximum atomic E-state index is 12.1. The minimum Gasteiger partial charge on any atom is -0.435 e. The Labute approximate surface area is 137 Å². The number of halogens is 3. The summed E-state index contributed by atoms with van der Waals surface area (Å²) >= 11 is 0. The third-order valence-electron chi connectivity index (χ3n) is 3.94. The molecule has 2 rings (SSSR count). The Hall–Kier alpha value is -0.910. The summed E-state index contributed by atoms with van der Waals surface area (Å²) in [6.07, 6.45) is 2.44. The highest BCUT2D eigenvalue weighted by Crippen LogP contribution is 2.20. The third kappa shape index (κ3) is 6.46. The second kappa shape index (κ2) is 9.98. The second-order valence-corrected chi connectivity index (χ2v) is 5.55. The van der Waals surface area contributed by atoms with Crippen molar-refractivity contribution in [2.24, 2.45) is 5.92 Å². The molecule has 22 heavy (non-hydrogen) atoms. The predicted octanol–water partition coefficient (Wildman–Crippen LogP) is 3.53. The fourth-order valence-electron chi connectivity index (χ4n) is 2.73. The Morgan fingerprint density at radius 1 is 1.23 bits per heavy atom. The fourth-order valence-corrected chi connectivity index (χ4v) is 2.73. The molecule has 0 amide bonds. The van der Waals surface area contributed by atoms with Crippen molar-refractivity contribution in [1.29, 1.82) is 0 Å². The topological polar surface area (TPSA) is 24.5 Å². The fraction of sp³-hybridized carbons (Fsp3) is 0.625. The summed E-state index contributed by atoms with van der Waals surface area (Å²) in [6, 6.07) is 6.95. The number of likely N-dealkylation sites (tertiary alicyclic amines) is 1. The molecule has 1 aromatic carbocycles. The summed E-state index contributed by atoms with van der Waals surface area (Å²) in [4.78, 5) is 2.42. The van der Waals surface area contributed by atoms with Crippen LogP contribution in [-0.2, 0) is 6.54 Å². The number of nitrogens with one attached hydrogen (secondary N) is 1. The quantitative estimate of drug-likeness (QED) is 0.825.